The van der Waals surface area contributed by atoms with Gasteiger partial charge in [0, 0.05) is 12.5 Å². The molecule has 122 valence electrons. The fourth-order valence-corrected chi connectivity index (χ4v) is 2.72. The molecule has 3 amide bonds. The number of urea groups is 1. The molecule has 0 aliphatic heterocycles. The zero-order valence-corrected chi connectivity index (χ0v) is 13.4. The number of amides is 3. The zero-order valence-electron chi connectivity index (χ0n) is 13.4. The first-order chi connectivity index (χ1) is 10.2. The maximum absolute atomic E-state index is 11.6. The average Bonchev–Trinajstić information content (AvgIpc) is 2.50. The predicted molar refractivity (Wildman–Crippen MR) is 84.7 cm³/mol. The Bertz CT molecular complexity index is 302. The topological polar surface area (TPSA) is 70.2 Å². The van der Waals surface area contributed by atoms with Crippen LogP contribution in [0.3, 0.4) is 0 Å². The molecule has 5 heteroatoms. The first-order valence-corrected chi connectivity index (χ1v) is 8.57. The molecule has 0 saturated heterocycles. The minimum atomic E-state index is -0.293. The lowest BCUT2D eigenvalue weighted by atomic mass is 9.96. The van der Waals surface area contributed by atoms with Gasteiger partial charge in [0.2, 0.25) is 5.91 Å². The van der Waals surface area contributed by atoms with Gasteiger partial charge in [-0.05, 0) is 19.3 Å². The number of carbonyl (C=O) groups is 2. The molecule has 21 heavy (non-hydrogen) atoms. The quantitative estimate of drug-likeness (QED) is 0.474. The van der Waals surface area contributed by atoms with Crippen molar-refractivity contribution in [2.75, 3.05) is 0 Å². The van der Waals surface area contributed by atoms with Crippen molar-refractivity contribution < 1.29 is 9.59 Å². The van der Waals surface area contributed by atoms with E-state index in [1.54, 1.807) is 0 Å². The van der Waals surface area contributed by atoms with Crippen LogP contribution in [0.15, 0.2) is 0 Å². The normalized spacial score (nSPS) is 15.5. The first kappa shape index (κ1) is 17.8. The van der Waals surface area contributed by atoms with Crippen molar-refractivity contribution in [2.24, 2.45) is 0 Å². The van der Waals surface area contributed by atoms with E-state index < -0.39 is 0 Å². The number of nitrogens with one attached hydrogen (secondary N) is 3. The van der Waals surface area contributed by atoms with Gasteiger partial charge in [-0.1, -0.05) is 58.3 Å². The van der Waals surface area contributed by atoms with Crippen molar-refractivity contribution in [1.29, 1.82) is 0 Å². The van der Waals surface area contributed by atoms with Crippen LogP contribution in [-0.4, -0.2) is 18.0 Å². The number of rotatable bonds is 8. The van der Waals surface area contributed by atoms with Crippen LogP contribution in [0, 0.1) is 0 Å². The second-order valence-corrected chi connectivity index (χ2v) is 6.00. The molecule has 0 spiro atoms. The third kappa shape index (κ3) is 9.32. The summed E-state index contributed by atoms with van der Waals surface area (Å²) in [6, 6.07) is -0.0348. The Labute approximate surface area is 128 Å². The molecule has 1 rings (SSSR count). The van der Waals surface area contributed by atoms with Crippen molar-refractivity contribution in [3.8, 4) is 0 Å². The molecule has 0 heterocycles. The molecule has 1 fully saturated rings. The van der Waals surface area contributed by atoms with Crippen molar-refractivity contribution in [2.45, 2.75) is 90.0 Å². The summed E-state index contributed by atoms with van der Waals surface area (Å²) in [5, 5.41) is 2.90. The molecular weight excluding hydrogens is 266 g/mol. The summed E-state index contributed by atoms with van der Waals surface area (Å²) < 4.78 is 0. The van der Waals surface area contributed by atoms with Crippen LogP contribution < -0.4 is 16.2 Å². The van der Waals surface area contributed by atoms with Crippen LogP contribution in [0.5, 0.6) is 0 Å². The molecule has 0 radical (unpaired) electrons. The summed E-state index contributed by atoms with van der Waals surface area (Å²) in [7, 11) is 0. The SMILES string of the molecule is CCCCCCCCC(=O)NNC(=O)NC1CCCCC1. The van der Waals surface area contributed by atoms with Crippen molar-refractivity contribution in [1.82, 2.24) is 16.2 Å². The molecular formula is C16H31N3O2. The zero-order chi connectivity index (χ0) is 15.3. The predicted octanol–water partition coefficient (Wildman–Crippen LogP) is 3.40. The third-order valence-electron chi connectivity index (χ3n) is 4.01. The molecule has 1 aliphatic carbocycles. The second-order valence-electron chi connectivity index (χ2n) is 6.00. The standard InChI is InChI=1S/C16H31N3O2/c1-2-3-4-5-6-10-13-15(20)18-19-16(21)17-14-11-8-7-9-12-14/h14H,2-13H2,1H3,(H,18,20)(H2,17,19,21). The fourth-order valence-electron chi connectivity index (χ4n) is 2.72. The van der Waals surface area contributed by atoms with Crippen molar-refractivity contribution >= 4 is 11.9 Å². The van der Waals surface area contributed by atoms with Gasteiger partial charge >= 0.3 is 6.03 Å². The summed E-state index contributed by atoms with van der Waals surface area (Å²) in [6.45, 7) is 2.19. The molecule has 0 unspecified atom stereocenters. The molecule has 0 atom stereocenters. The molecule has 0 aromatic carbocycles. The Kier molecular flexibility index (Phi) is 9.66. The molecule has 0 aromatic rings. The molecule has 1 saturated carbocycles. The third-order valence-corrected chi connectivity index (χ3v) is 4.01. The van der Waals surface area contributed by atoms with Gasteiger partial charge < -0.3 is 5.32 Å². The number of hydrogen-bond acceptors (Lipinski definition) is 2. The van der Waals surface area contributed by atoms with Gasteiger partial charge in [0.05, 0.1) is 0 Å². The second kappa shape index (κ2) is 11.4. The Morgan fingerprint density at radius 3 is 2.29 bits per heavy atom. The summed E-state index contributed by atoms with van der Waals surface area (Å²) in [5.74, 6) is -0.107. The van der Waals surface area contributed by atoms with E-state index in [1.165, 1.54) is 44.9 Å². The lowest BCUT2D eigenvalue weighted by molar-refractivity contribution is -0.121. The highest BCUT2D eigenvalue weighted by Crippen LogP contribution is 2.17. The van der Waals surface area contributed by atoms with Gasteiger partial charge in [0.25, 0.3) is 0 Å². The molecule has 3 N–H and O–H groups in total. The Morgan fingerprint density at radius 1 is 0.905 bits per heavy atom. The van der Waals surface area contributed by atoms with Gasteiger partial charge in [-0.25, -0.2) is 10.2 Å². The lowest BCUT2D eigenvalue weighted by Gasteiger charge is -2.22. The van der Waals surface area contributed by atoms with Crippen LogP contribution in [0.25, 0.3) is 0 Å². The van der Waals surface area contributed by atoms with Crippen molar-refractivity contribution in [3.05, 3.63) is 0 Å². The summed E-state index contributed by atoms with van der Waals surface area (Å²) in [4.78, 5) is 23.2. The van der Waals surface area contributed by atoms with E-state index in [0.29, 0.717) is 6.42 Å². The van der Waals surface area contributed by atoms with E-state index in [0.717, 1.165) is 25.7 Å². The first-order valence-electron chi connectivity index (χ1n) is 8.57. The lowest BCUT2D eigenvalue weighted by Crippen LogP contribution is -2.50. The average molecular weight is 297 g/mol. The van der Waals surface area contributed by atoms with Crippen molar-refractivity contribution in [3.63, 3.8) is 0 Å². The largest absolute Gasteiger partial charge is 0.334 e. The number of carbonyl (C=O) groups excluding carboxylic acids is 2. The van der Waals surface area contributed by atoms with E-state index in [2.05, 4.69) is 23.1 Å². The van der Waals surface area contributed by atoms with Crippen LogP contribution in [0.2, 0.25) is 0 Å². The molecule has 0 aromatic heterocycles. The minimum Gasteiger partial charge on any atom is -0.334 e. The van der Waals surface area contributed by atoms with Gasteiger partial charge in [0.1, 0.15) is 0 Å². The summed E-state index contributed by atoms with van der Waals surface area (Å²) in [6.07, 6.45) is 13.1. The van der Waals surface area contributed by atoms with Crippen LogP contribution in [0.4, 0.5) is 4.79 Å². The molecule has 1 aliphatic rings. The number of hydrazine groups is 1. The van der Waals surface area contributed by atoms with Gasteiger partial charge in [-0.2, -0.15) is 0 Å². The van der Waals surface area contributed by atoms with E-state index in [9.17, 15) is 9.59 Å². The highest BCUT2D eigenvalue weighted by Gasteiger charge is 2.15. The van der Waals surface area contributed by atoms with E-state index in [-0.39, 0.29) is 18.0 Å². The monoisotopic (exact) mass is 297 g/mol. The molecule has 5 nitrogen and oxygen atoms in total. The summed E-state index contributed by atoms with van der Waals surface area (Å²) >= 11 is 0. The Balaban J connectivity index is 1.97. The van der Waals surface area contributed by atoms with E-state index in [1.807, 2.05) is 0 Å². The highest BCUT2D eigenvalue weighted by atomic mass is 16.2. The number of hydrogen-bond donors (Lipinski definition) is 3. The summed E-state index contributed by atoms with van der Waals surface area (Å²) in [5.41, 5.74) is 4.91. The maximum Gasteiger partial charge on any atom is 0.333 e. The van der Waals surface area contributed by atoms with Crippen LogP contribution in [0.1, 0.15) is 84.0 Å². The van der Waals surface area contributed by atoms with E-state index in [4.69, 9.17) is 0 Å². The van der Waals surface area contributed by atoms with Gasteiger partial charge in [-0.3, -0.25) is 10.2 Å². The van der Waals surface area contributed by atoms with Gasteiger partial charge in [0.15, 0.2) is 0 Å². The Morgan fingerprint density at radius 2 is 1.57 bits per heavy atom. The number of unbranched alkanes of at least 4 members (excludes halogenated alkanes) is 5. The fraction of sp³-hybridized carbons (Fsp3) is 0.875. The molecule has 0 bridgehead atoms. The maximum atomic E-state index is 11.6. The highest BCUT2D eigenvalue weighted by molar-refractivity contribution is 5.81. The van der Waals surface area contributed by atoms with Crippen LogP contribution in [-0.2, 0) is 4.79 Å². The minimum absolute atomic E-state index is 0.107. The Hall–Kier alpha value is -1.26. The van der Waals surface area contributed by atoms with E-state index >= 15 is 0 Å². The van der Waals surface area contributed by atoms with Crippen LogP contribution >= 0.6 is 0 Å². The van der Waals surface area contributed by atoms with Gasteiger partial charge in [-0.15, -0.1) is 0 Å². The smallest absolute Gasteiger partial charge is 0.333 e.